The van der Waals surface area contributed by atoms with Crippen molar-refractivity contribution in [3.8, 4) is 23.0 Å². The lowest BCUT2D eigenvalue weighted by Crippen LogP contribution is -2.16. The monoisotopic (exact) mass is 445 g/mol. The fraction of sp³-hybridized carbons (Fsp3) is 0.167. The first kappa shape index (κ1) is 21.6. The van der Waals surface area contributed by atoms with E-state index in [1.54, 1.807) is 13.3 Å². The summed E-state index contributed by atoms with van der Waals surface area (Å²) in [7, 11) is 1.62. The number of methoxy groups -OCH3 is 1. The van der Waals surface area contributed by atoms with Crippen LogP contribution < -0.4 is 10.1 Å². The van der Waals surface area contributed by atoms with Crippen LogP contribution in [0.4, 0.5) is 5.69 Å². The van der Waals surface area contributed by atoms with E-state index in [1.165, 1.54) is 11.8 Å². The molecule has 0 aliphatic carbocycles. The molecule has 4 rings (SSSR count). The van der Waals surface area contributed by atoms with Gasteiger partial charge in [0, 0.05) is 18.0 Å². The molecule has 0 aliphatic heterocycles. The molecule has 0 aliphatic rings. The van der Waals surface area contributed by atoms with Gasteiger partial charge in [0.1, 0.15) is 11.4 Å². The number of pyridine rings is 1. The van der Waals surface area contributed by atoms with Gasteiger partial charge >= 0.3 is 0 Å². The predicted octanol–water partition coefficient (Wildman–Crippen LogP) is 4.69. The quantitative estimate of drug-likeness (QED) is 0.416. The Kier molecular flexibility index (Phi) is 6.51. The Morgan fingerprint density at radius 2 is 1.81 bits per heavy atom. The second kappa shape index (κ2) is 9.65. The smallest absolute Gasteiger partial charge is 0.234 e. The summed E-state index contributed by atoms with van der Waals surface area (Å²) >= 11 is 1.32. The fourth-order valence-electron chi connectivity index (χ4n) is 3.32. The Labute approximate surface area is 190 Å². The van der Waals surface area contributed by atoms with E-state index in [9.17, 15) is 4.79 Å². The summed E-state index contributed by atoms with van der Waals surface area (Å²) in [6.45, 7) is 3.96. The van der Waals surface area contributed by atoms with Gasteiger partial charge in [0.25, 0.3) is 0 Å². The molecule has 1 N–H and O–H groups in total. The van der Waals surface area contributed by atoms with Gasteiger partial charge in [0.2, 0.25) is 5.91 Å². The highest BCUT2D eigenvalue weighted by atomic mass is 32.2. The molecule has 7 nitrogen and oxygen atoms in total. The third kappa shape index (κ3) is 4.65. The van der Waals surface area contributed by atoms with E-state index in [4.69, 9.17) is 4.74 Å². The first-order chi connectivity index (χ1) is 15.6. The van der Waals surface area contributed by atoms with Crippen molar-refractivity contribution in [1.82, 2.24) is 19.7 Å². The number of hydrogen-bond donors (Lipinski definition) is 1. The molecular formula is C24H23N5O2S. The normalized spacial score (nSPS) is 10.7. The van der Waals surface area contributed by atoms with E-state index in [0.29, 0.717) is 22.4 Å². The number of ether oxygens (including phenoxy) is 1. The van der Waals surface area contributed by atoms with Gasteiger partial charge < -0.3 is 10.1 Å². The number of benzene rings is 2. The number of nitrogens with zero attached hydrogens (tertiary/aromatic N) is 4. The third-order valence-corrected chi connectivity index (χ3v) is 5.85. The minimum Gasteiger partial charge on any atom is -0.497 e. The maximum Gasteiger partial charge on any atom is 0.234 e. The molecular weight excluding hydrogens is 422 g/mol. The van der Waals surface area contributed by atoms with E-state index in [2.05, 4.69) is 20.5 Å². The Bertz CT molecular complexity index is 1220. The lowest BCUT2D eigenvalue weighted by Gasteiger charge is -2.12. The predicted molar refractivity (Wildman–Crippen MR) is 126 cm³/mol. The van der Waals surface area contributed by atoms with Crippen molar-refractivity contribution < 1.29 is 9.53 Å². The minimum absolute atomic E-state index is 0.105. The Balaban J connectivity index is 1.62. The average molecular weight is 446 g/mol. The minimum atomic E-state index is -0.105. The van der Waals surface area contributed by atoms with E-state index in [-0.39, 0.29) is 11.7 Å². The largest absolute Gasteiger partial charge is 0.497 e. The maximum absolute atomic E-state index is 12.7. The molecule has 4 aromatic rings. The lowest BCUT2D eigenvalue weighted by atomic mass is 10.1. The molecule has 0 spiro atoms. The van der Waals surface area contributed by atoms with E-state index in [1.807, 2.05) is 79.1 Å². The number of para-hydroxylation sites is 1. The highest BCUT2D eigenvalue weighted by Gasteiger charge is 2.19. The number of anilines is 1. The number of carbonyl (C=O) groups is 1. The molecule has 32 heavy (non-hydrogen) atoms. The number of thioether (sulfide) groups is 1. The fourth-order valence-corrected chi connectivity index (χ4v) is 4.08. The molecule has 2 aromatic heterocycles. The molecule has 1 amide bonds. The van der Waals surface area contributed by atoms with E-state index >= 15 is 0 Å². The number of aryl methyl sites for hydroxylation is 2. The summed E-state index contributed by atoms with van der Waals surface area (Å²) < 4.78 is 7.28. The topological polar surface area (TPSA) is 81.9 Å². The van der Waals surface area contributed by atoms with Gasteiger partial charge in [-0.3, -0.25) is 14.3 Å². The van der Waals surface area contributed by atoms with Crippen molar-refractivity contribution in [2.75, 3.05) is 18.2 Å². The van der Waals surface area contributed by atoms with Crippen LogP contribution in [0.15, 0.2) is 72.0 Å². The van der Waals surface area contributed by atoms with Gasteiger partial charge in [-0.2, -0.15) is 0 Å². The second-order valence-corrected chi connectivity index (χ2v) is 8.10. The number of carbonyl (C=O) groups excluding carboxylic acids is 1. The standard InChI is InChI=1S/C24H23N5O2S/c1-16-8-6-9-17(2)22(16)26-21(30)15-32-24-28-27-23(20-12-4-5-13-25-20)29(24)18-10-7-11-19(14-18)31-3/h4-14H,15H2,1-3H3,(H,26,30). The number of hydrogen-bond acceptors (Lipinski definition) is 6. The highest BCUT2D eigenvalue weighted by Crippen LogP contribution is 2.29. The van der Waals surface area contributed by atoms with Gasteiger partial charge in [-0.1, -0.05) is 42.1 Å². The number of nitrogens with one attached hydrogen (secondary N) is 1. The van der Waals surface area contributed by atoms with Crippen molar-refractivity contribution in [2.24, 2.45) is 0 Å². The van der Waals surface area contributed by atoms with Gasteiger partial charge in [-0.05, 0) is 49.2 Å². The molecule has 0 saturated heterocycles. The van der Waals surface area contributed by atoms with Crippen molar-refractivity contribution in [3.05, 3.63) is 78.0 Å². The molecule has 0 atom stereocenters. The first-order valence-electron chi connectivity index (χ1n) is 10.1. The summed E-state index contributed by atoms with van der Waals surface area (Å²) in [5.41, 5.74) is 4.42. The summed E-state index contributed by atoms with van der Waals surface area (Å²) in [6.07, 6.45) is 1.71. The van der Waals surface area contributed by atoms with Gasteiger partial charge in [0.15, 0.2) is 11.0 Å². The number of aromatic nitrogens is 4. The Hall–Kier alpha value is -3.65. The van der Waals surface area contributed by atoms with Crippen LogP contribution in [0.5, 0.6) is 5.75 Å². The second-order valence-electron chi connectivity index (χ2n) is 7.16. The first-order valence-corrected chi connectivity index (χ1v) is 11.1. The van der Waals surface area contributed by atoms with Crippen LogP contribution in [0.1, 0.15) is 11.1 Å². The van der Waals surface area contributed by atoms with Crippen LogP contribution in [0, 0.1) is 13.8 Å². The molecule has 0 unspecified atom stereocenters. The maximum atomic E-state index is 12.7. The molecule has 0 bridgehead atoms. The molecule has 162 valence electrons. The molecule has 0 radical (unpaired) electrons. The summed E-state index contributed by atoms with van der Waals surface area (Å²) in [5, 5.41) is 12.3. The van der Waals surface area contributed by atoms with Gasteiger partial charge in [-0.15, -0.1) is 10.2 Å². The summed E-state index contributed by atoms with van der Waals surface area (Å²) in [5.74, 6) is 1.40. The van der Waals surface area contributed by atoms with E-state index in [0.717, 1.165) is 22.5 Å². The lowest BCUT2D eigenvalue weighted by molar-refractivity contribution is -0.113. The summed E-state index contributed by atoms with van der Waals surface area (Å²) in [4.78, 5) is 17.1. The Morgan fingerprint density at radius 1 is 1.03 bits per heavy atom. The van der Waals surface area contributed by atoms with Crippen LogP contribution >= 0.6 is 11.8 Å². The van der Waals surface area contributed by atoms with Gasteiger partial charge in [-0.25, -0.2) is 0 Å². The molecule has 2 aromatic carbocycles. The SMILES string of the molecule is COc1cccc(-n2c(SCC(=O)Nc3c(C)cccc3C)nnc2-c2ccccn2)c1. The van der Waals surface area contributed by atoms with Crippen LogP contribution in [0.3, 0.4) is 0 Å². The summed E-state index contributed by atoms with van der Waals surface area (Å²) in [6, 6.07) is 19.2. The third-order valence-electron chi connectivity index (χ3n) is 4.92. The molecule has 8 heteroatoms. The van der Waals surface area contributed by atoms with Crippen LogP contribution in [0.25, 0.3) is 17.2 Å². The van der Waals surface area contributed by atoms with E-state index < -0.39 is 0 Å². The molecule has 0 fully saturated rings. The van der Waals surface area contributed by atoms with Crippen molar-refractivity contribution in [1.29, 1.82) is 0 Å². The van der Waals surface area contributed by atoms with Crippen molar-refractivity contribution in [3.63, 3.8) is 0 Å². The zero-order valence-corrected chi connectivity index (χ0v) is 18.9. The average Bonchev–Trinajstić information content (AvgIpc) is 3.25. The zero-order chi connectivity index (χ0) is 22.5. The van der Waals surface area contributed by atoms with Crippen LogP contribution in [-0.2, 0) is 4.79 Å². The highest BCUT2D eigenvalue weighted by molar-refractivity contribution is 7.99. The van der Waals surface area contributed by atoms with Crippen LogP contribution in [0.2, 0.25) is 0 Å². The van der Waals surface area contributed by atoms with Gasteiger partial charge in [0.05, 0.1) is 18.6 Å². The Morgan fingerprint density at radius 3 is 2.53 bits per heavy atom. The number of amides is 1. The van der Waals surface area contributed by atoms with Crippen LogP contribution in [-0.4, -0.2) is 38.5 Å². The molecule has 0 saturated carbocycles. The molecule has 2 heterocycles. The van der Waals surface area contributed by atoms with Crippen molar-refractivity contribution in [2.45, 2.75) is 19.0 Å². The zero-order valence-electron chi connectivity index (χ0n) is 18.1. The number of rotatable bonds is 7. The van der Waals surface area contributed by atoms with Crippen molar-refractivity contribution >= 4 is 23.4 Å².